The monoisotopic (exact) mass is 493 g/mol. The summed E-state index contributed by atoms with van der Waals surface area (Å²) >= 11 is -4.41. The number of fused-ring (bicyclic) bond motifs is 2. The van der Waals surface area contributed by atoms with Gasteiger partial charge in [-0.15, -0.1) is 0 Å². The van der Waals surface area contributed by atoms with Gasteiger partial charge in [-0.25, -0.2) is 0 Å². The predicted octanol–water partition coefficient (Wildman–Crippen LogP) is 6.26. The van der Waals surface area contributed by atoms with Crippen molar-refractivity contribution in [2.24, 2.45) is 0 Å². The van der Waals surface area contributed by atoms with E-state index in [-0.39, 0.29) is 13.9 Å². The third-order valence-corrected chi connectivity index (χ3v) is 58.4. The topological polar surface area (TPSA) is 20.2 Å². The molecule has 5 heteroatoms. The van der Waals surface area contributed by atoms with Crippen molar-refractivity contribution in [3.8, 4) is 0 Å². The quantitative estimate of drug-likeness (QED) is 0.486. The Bertz CT molecular complexity index is 951. The van der Waals surface area contributed by atoms with Crippen LogP contribution in [-0.4, -0.2) is 17.6 Å². The number of hydrogen-bond acceptors (Lipinski definition) is 1. The van der Waals surface area contributed by atoms with Gasteiger partial charge in [0.15, 0.2) is 0 Å². The second kappa shape index (κ2) is 7.11. The van der Waals surface area contributed by atoms with E-state index in [1.54, 1.807) is 0 Å². The Morgan fingerprint density at radius 2 is 1.59 bits per heavy atom. The molecule has 0 aromatic heterocycles. The van der Waals surface area contributed by atoms with Crippen molar-refractivity contribution in [2.45, 2.75) is 26.8 Å². The molecule has 141 valence electrons. The molecule has 0 aliphatic heterocycles. The van der Waals surface area contributed by atoms with Gasteiger partial charge >= 0.3 is 172 Å². The third-order valence-electron chi connectivity index (χ3n) is 6.47. The summed E-state index contributed by atoms with van der Waals surface area (Å²) in [6.07, 6.45) is 7.35. The van der Waals surface area contributed by atoms with Crippen molar-refractivity contribution >= 4 is 35.1 Å². The van der Waals surface area contributed by atoms with Gasteiger partial charge in [0.25, 0.3) is 0 Å². The number of aliphatic hydroxyl groups is 1. The third kappa shape index (κ3) is 2.93. The van der Waals surface area contributed by atoms with Crippen molar-refractivity contribution in [1.82, 2.24) is 0 Å². The first-order valence-corrected chi connectivity index (χ1v) is 25.9. The number of benzene rings is 2. The van der Waals surface area contributed by atoms with E-state index in [0.717, 1.165) is 0 Å². The van der Waals surface area contributed by atoms with Crippen LogP contribution >= 0.6 is 17.0 Å². The maximum atomic E-state index is 9.73. The van der Waals surface area contributed by atoms with Gasteiger partial charge in [-0.3, -0.25) is 0 Å². The molecule has 2 aromatic carbocycles. The number of rotatable bonds is 5. The van der Waals surface area contributed by atoms with Crippen molar-refractivity contribution in [2.75, 3.05) is 6.61 Å². The molecular formula is C22H25Cl2OSiZr. The van der Waals surface area contributed by atoms with E-state index in [9.17, 15) is 5.11 Å². The molecule has 2 aliphatic rings. The molecule has 1 nitrogen and oxygen atoms in total. The molecule has 2 aliphatic carbocycles. The first-order chi connectivity index (χ1) is 12.9. The fourth-order valence-electron chi connectivity index (χ4n) is 4.99. The summed E-state index contributed by atoms with van der Waals surface area (Å²) in [6, 6.07) is 17.0. The first kappa shape index (κ1) is 19.9. The zero-order valence-electron chi connectivity index (χ0n) is 15.7. The zero-order chi connectivity index (χ0) is 19.3. The van der Waals surface area contributed by atoms with E-state index in [1.165, 1.54) is 27.8 Å². The fourth-order valence-corrected chi connectivity index (χ4v) is 34.5. The van der Waals surface area contributed by atoms with Crippen molar-refractivity contribution in [1.29, 1.82) is 0 Å². The molecule has 2 aromatic rings. The van der Waals surface area contributed by atoms with Crippen LogP contribution in [0.1, 0.15) is 35.9 Å². The summed E-state index contributed by atoms with van der Waals surface area (Å²) in [7, 11) is 15.8. The van der Waals surface area contributed by atoms with Crippen LogP contribution in [0.15, 0.2) is 60.2 Å². The van der Waals surface area contributed by atoms with E-state index in [4.69, 9.17) is 17.0 Å². The summed E-state index contributed by atoms with van der Waals surface area (Å²) in [4.78, 5) is 0. The van der Waals surface area contributed by atoms with Crippen LogP contribution in [0.3, 0.4) is 0 Å². The van der Waals surface area contributed by atoms with Gasteiger partial charge in [0, 0.05) is 0 Å². The Morgan fingerprint density at radius 3 is 2.26 bits per heavy atom. The molecule has 0 spiro atoms. The van der Waals surface area contributed by atoms with Crippen LogP contribution in [0.2, 0.25) is 13.1 Å². The molecule has 0 bridgehead atoms. The van der Waals surface area contributed by atoms with E-state index < -0.39 is 21.5 Å². The molecule has 27 heavy (non-hydrogen) atoms. The Labute approximate surface area is 170 Å². The van der Waals surface area contributed by atoms with Gasteiger partial charge < -0.3 is 0 Å². The molecule has 0 heterocycles. The van der Waals surface area contributed by atoms with Crippen LogP contribution < -0.4 is 0 Å². The van der Waals surface area contributed by atoms with Gasteiger partial charge in [-0.1, -0.05) is 0 Å². The molecule has 2 atom stereocenters. The molecule has 4 rings (SSSR count). The number of allylic oxidation sites excluding steroid dienone is 1. The molecule has 2 unspecified atom stereocenters. The van der Waals surface area contributed by atoms with Gasteiger partial charge in [0.05, 0.1) is 0 Å². The van der Waals surface area contributed by atoms with Crippen molar-refractivity contribution in [3.63, 3.8) is 0 Å². The first-order valence-electron chi connectivity index (χ1n) is 9.62. The predicted molar refractivity (Wildman–Crippen MR) is 118 cm³/mol. The Kier molecular flexibility index (Phi) is 5.23. The molecular weight excluding hydrogens is 470 g/mol. The van der Waals surface area contributed by atoms with Crippen LogP contribution in [0, 0.1) is 0 Å². The molecule has 0 saturated carbocycles. The summed E-state index contributed by atoms with van der Waals surface area (Å²) in [5.74, 6) is -1.44. The summed E-state index contributed by atoms with van der Waals surface area (Å²) in [5, 5.41) is 9.73. The van der Waals surface area contributed by atoms with Crippen LogP contribution in [0.25, 0.3) is 12.2 Å². The Balaban J connectivity index is 1.95. The van der Waals surface area contributed by atoms with Gasteiger partial charge in [0.1, 0.15) is 0 Å². The second-order valence-electron chi connectivity index (χ2n) is 8.10. The van der Waals surface area contributed by atoms with Gasteiger partial charge in [-0.2, -0.15) is 0 Å². The van der Waals surface area contributed by atoms with E-state index in [1.807, 2.05) is 0 Å². The average Bonchev–Trinajstić information content (AvgIpc) is 3.24. The molecule has 0 saturated heterocycles. The maximum absolute atomic E-state index is 9.73. The summed E-state index contributed by atoms with van der Waals surface area (Å²) < 4.78 is 0.224. The van der Waals surface area contributed by atoms with E-state index in [0.29, 0.717) is 6.42 Å². The van der Waals surface area contributed by atoms with Crippen LogP contribution in [-0.2, 0) is 15.6 Å². The molecule has 0 fully saturated rings. The Hall–Kier alpha value is -0.440. The Morgan fingerprint density at radius 1 is 0.963 bits per heavy atom. The SMILES string of the molecule is C[SiH](C)[Zr]([Cl])([Cl])([CH]1C=Cc2ccccc21)[CH]1C(CCO)=Cc2ccccc21. The fraction of sp³-hybridized carbons (Fsp3) is 0.273. The zero-order valence-corrected chi connectivity index (χ0v) is 20.8. The average molecular weight is 496 g/mol. The normalized spacial score (nSPS) is 22.3. The van der Waals surface area contributed by atoms with Gasteiger partial charge in [0.2, 0.25) is 0 Å². The number of halogens is 2. The van der Waals surface area contributed by atoms with Crippen LogP contribution in [0.5, 0.6) is 0 Å². The number of aliphatic hydroxyl groups excluding tert-OH is 1. The van der Waals surface area contributed by atoms with E-state index in [2.05, 4.69) is 79.9 Å². The van der Waals surface area contributed by atoms with Gasteiger partial charge in [-0.05, 0) is 0 Å². The number of hydrogen-bond donors (Lipinski definition) is 1. The summed E-state index contributed by atoms with van der Waals surface area (Å²) in [5.41, 5.74) is 6.27. The summed E-state index contributed by atoms with van der Waals surface area (Å²) in [6.45, 7) is 4.79. The second-order valence-corrected chi connectivity index (χ2v) is 50.7. The van der Waals surface area contributed by atoms with Crippen LogP contribution in [0.4, 0.5) is 0 Å². The van der Waals surface area contributed by atoms with E-state index >= 15 is 0 Å². The molecule has 1 N–H and O–H groups in total. The van der Waals surface area contributed by atoms with Crippen molar-refractivity contribution in [3.05, 3.63) is 82.4 Å². The van der Waals surface area contributed by atoms with Crippen molar-refractivity contribution < 1.29 is 20.7 Å². The molecule has 0 radical (unpaired) electrons. The minimum atomic E-state index is -4.41. The minimum absolute atomic E-state index is 0.0885. The standard InChI is InChI=1S/C11H11O.C9H7.C2H7Si.2ClH.Zr/c12-6-5-9-7-10-3-1-2-4-11(10)8-9;1-2-5-9-7-3-6-8(9)4-1;1-3-2;;;/h1-4,7-8,12H,5-6H2;1-7H;3H,1-2H3;2*1H;/q;;;;;+2/p-2. The molecule has 0 amide bonds.